The van der Waals surface area contributed by atoms with Crippen LogP contribution in [0.2, 0.25) is 0 Å². The molecule has 1 atom stereocenters. The van der Waals surface area contributed by atoms with Crippen LogP contribution in [-0.2, 0) is 9.53 Å². The van der Waals surface area contributed by atoms with Crippen LogP contribution in [0.25, 0.3) is 0 Å². The number of phenols is 1. The summed E-state index contributed by atoms with van der Waals surface area (Å²) in [5, 5.41) is 9.73. The minimum Gasteiger partial charge on any atom is -0.507 e. The maximum Gasteiger partial charge on any atom is 0.174 e. The summed E-state index contributed by atoms with van der Waals surface area (Å²) in [5.74, 6) is -0.345. The van der Waals surface area contributed by atoms with Crippen LogP contribution in [0, 0.1) is 0 Å². The van der Waals surface area contributed by atoms with Crippen molar-refractivity contribution in [3.05, 3.63) is 23.8 Å². The average molecular weight is 264 g/mol. The number of carbonyl (C=O) groups is 2. The number of hydrogen-bond acceptors (Lipinski definition) is 5. The van der Waals surface area contributed by atoms with Gasteiger partial charge in [0.1, 0.15) is 17.6 Å². The van der Waals surface area contributed by atoms with E-state index in [2.05, 4.69) is 0 Å². The first-order chi connectivity index (χ1) is 9.11. The van der Waals surface area contributed by atoms with Gasteiger partial charge in [0, 0.05) is 12.7 Å². The van der Waals surface area contributed by atoms with Gasteiger partial charge < -0.3 is 14.6 Å². The van der Waals surface area contributed by atoms with E-state index < -0.39 is 11.9 Å². The number of aromatic hydroxyl groups is 1. The van der Waals surface area contributed by atoms with Gasteiger partial charge in [-0.25, -0.2) is 0 Å². The average Bonchev–Trinajstić information content (AvgIpc) is 2.92. The highest BCUT2D eigenvalue weighted by atomic mass is 16.5. The van der Waals surface area contributed by atoms with Gasteiger partial charge in [0.05, 0.1) is 19.1 Å². The largest absolute Gasteiger partial charge is 0.507 e. The molecule has 0 spiro atoms. The highest BCUT2D eigenvalue weighted by Crippen LogP contribution is 2.25. The van der Waals surface area contributed by atoms with E-state index in [1.807, 2.05) is 0 Å². The van der Waals surface area contributed by atoms with Crippen molar-refractivity contribution in [3.63, 3.8) is 0 Å². The standard InChI is InChI=1S/C14H16O5/c1-18-9-4-5-10(11(15)7-9)12(16)8-13(17)14-3-2-6-19-14/h4-5,7,14-15H,2-3,6,8H2,1H3/t14-/m0/s1. The third-order valence-electron chi connectivity index (χ3n) is 3.13. The molecule has 1 aromatic rings. The van der Waals surface area contributed by atoms with Gasteiger partial charge in [-0.05, 0) is 25.0 Å². The topological polar surface area (TPSA) is 72.8 Å². The Hall–Kier alpha value is -1.88. The van der Waals surface area contributed by atoms with Crippen molar-refractivity contribution in [3.8, 4) is 11.5 Å². The molecular formula is C14H16O5. The Bertz CT molecular complexity index is 489. The number of benzene rings is 1. The Kier molecular flexibility index (Phi) is 4.16. The van der Waals surface area contributed by atoms with Crippen molar-refractivity contribution in [1.82, 2.24) is 0 Å². The minimum atomic E-state index is -0.468. The Morgan fingerprint density at radius 1 is 1.47 bits per heavy atom. The highest BCUT2D eigenvalue weighted by molar-refractivity contribution is 6.10. The lowest BCUT2D eigenvalue weighted by Gasteiger charge is -2.09. The van der Waals surface area contributed by atoms with Crippen molar-refractivity contribution >= 4 is 11.6 Å². The Morgan fingerprint density at radius 2 is 2.26 bits per heavy atom. The Balaban J connectivity index is 2.05. The lowest BCUT2D eigenvalue weighted by Crippen LogP contribution is -2.22. The summed E-state index contributed by atoms with van der Waals surface area (Å²) < 4.78 is 10.2. The first-order valence-electron chi connectivity index (χ1n) is 6.16. The van der Waals surface area contributed by atoms with E-state index in [1.54, 1.807) is 6.07 Å². The predicted molar refractivity (Wildman–Crippen MR) is 67.6 cm³/mol. The lowest BCUT2D eigenvalue weighted by molar-refractivity contribution is -0.126. The van der Waals surface area contributed by atoms with Gasteiger partial charge in [-0.3, -0.25) is 9.59 Å². The molecule has 5 heteroatoms. The van der Waals surface area contributed by atoms with Crippen LogP contribution in [0.15, 0.2) is 18.2 Å². The maximum absolute atomic E-state index is 12.0. The lowest BCUT2D eigenvalue weighted by atomic mass is 10.0. The molecule has 0 unspecified atom stereocenters. The number of ketones is 2. The molecule has 19 heavy (non-hydrogen) atoms. The molecule has 2 rings (SSSR count). The monoisotopic (exact) mass is 264 g/mol. The van der Waals surface area contributed by atoms with Crippen LogP contribution < -0.4 is 4.74 Å². The first kappa shape index (κ1) is 13.5. The fourth-order valence-corrected chi connectivity index (χ4v) is 2.07. The molecule has 0 radical (unpaired) electrons. The maximum atomic E-state index is 12.0. The first-order valence-corrected chi connectivity index (χ1v) is 6.16. The zero-order chi connectivity index (χ0) is 13.8. The quantitative estimate of drug-likeness (QED) is 0.647. The van der Waals surface area contributed by atoms with E-state index in [0.717, 1.165) is 6.42 Å². The molecule has 1 N–H and O–H groups in total. The number of rotatable bonds is 5. The molecule has 0 aromatic heterocycles. The van der Waals surface area contributed by atoms with Crippen LogP contribution in [-0.4, -0.2) is 36.5 Å². The molecule has 1 aromatic carbocycles. The van der Waals surface area contributed by atoms with Crippen LogP contribution in [0.1, 0.15) is 29.6 Å². The second kappa shape index (κ2) is 5.84. The molecule has 1 aliphatic rings. The fraction of sp³-hybridized carbons (Fsp3) is 0.429. The number of hydrogen-bond donors (Lipinski definition) is 1. The van der Waals surface area contributed by atoms with Crippen LogP contribution in [0.3, 0.4) is 0 Å². The van der Waals surface area contributed by atoms with Crippen molar-refractivity contribution in [2.75, 3.05) is 13.7 Å². The van der Waals surface area contributed by atoms with E-state index in [4.69, 9.17) is 9.47 Å². The van der Waals surface area contributed by atoms with Gasteiger partial charge in [0.25, 0.3) is 0 Å². The van der Waals surface area contributed by atoms with Crippen molar-refractivity contribution in [2.45, 2.75) is 25.4 Å². The smallest absolute Gasteiger partial charge is 0.174 e. The summed E-state index contributed by atoms with van der Waals surface area (Å²) in [6, 6.07) is 4.38. The van der Waals surface area contributed by atoms with Crippen molar-refractivity contribution in [2.24, 2.45) is 0 Å². The number of ether oxygens (including phenoxy) is 2. The number of Topliss-reactive ketones (excluding diaryl/α,β-unsaturated/α-hetero) is 2. The normalized spacial score (nSPS) is 18.3. The number of methoxy groups -OCH3 is 1. The van der Waals surface area contributed by atoms with Crippen LogP contribution in [0.5, 0.6) is 11.5 Å². The van der Waals surface area contributed by atoms with Gasteiger partial charge in [0.15, 0.2) is 11.6 Å². The van der Waals surface area contributed by atoms with Gasteiger partial charge in [0.2, 0.25) is 0 Å². The van der Waals surface area contributed by atoms with Crippen LogP contribution in [0.4, 0.5) is 0 Å². The fourth-order valence-electron chi connectivity index (χ4n) is 2.07. The molecule has 5 nitrogen and oxygen atoms in total. The summed E-state index contributed by atoms with van der Waals surface area (Å²) in [4.78, 5) is 23.8. The zero-order valence-corrected chi connectivity index (χ0v) is 10.7. The molecule has 0 aliphatic carbocycles. The molecule has 1 saturated heterocycles. The zero-order valence-electron chi connectivity index (χ0n) is 10.7. The molecule has 1 aliphatic heterocycles. The van der Waals surface area contributed by atoms with E-state index >= 15 is 0 Å². The van der Waals surface area contributed by atoms with Crippen molar-refractivity contribution in [1.29, 1.82) is 0 Å². The molecule has 0 saturated carbocycles. The van der Waals surface area contributed by atoms with E-state index in [1.165, 1.54) is 19.2 Å². The second-order valence-corrected chi connectivity index (χ2v) is 4.45. The Labute approximate surface area is 111 Å². The van der Waals surface area contributed by atoms with Crippen molar-refractivity contribution < 1.29 is 24.2 Å². The van der Waals surface area contributed by atoms with E-state index in [0.29, 0.717) is 18.8 Å². The molecule has 0 bridgehead atoms. The molecular weight excluding hydrogens is 248 g/mol. The van der Waals surface area contributed by atoms with Gasteiger partial charge >= 0.3 is 0 Å². The summed E-state index contributed by atoms with van der Waals surface area (Å²) in [6.45, 7) is 0.568. The number of phenolic OH excluding ortho intramolecular Hbond substituents is 1. The third kappa shape index (κ3) is 3.12. The summed E-state index contributed by atoms with van der Waals surface area (Å²) in [5.41, 5.74) is 0.132. The van der Waals surface area contributed by atoms with E-state index in [-0.39, 0.29) is 23.5 Å². The predicted octanol–water partition coefficient (Wildman–Crippen LogP) is 1.72. The highest BCUT2D eigenvalue weighted by Gasteiger charge is 2.26. The summed E-state index contributed by atoms with van der Waals surface area (Å²) in [7, 11) is 1.47. The summed E-state index contributed by atoms with van der Waals surface area (Å²) >= 11 is 0. The number of carbonyl (C=O) groups excluding carboxylic acids is 2. The van der Waals surface area contributed by atoms with Gasteiger partial charge in [-0.2, -0.15) is 0 Å². The molecule has 0 amide bonds. The molecule has 1 fully saturated rings. The molecule has 102 valence electrons. The SMILES string of the molecule is COc1ccc(C(=O)CC(=O)[C@@H]2CCCO2)c(O)c1. The minimum absolute atomic E-state index is 0.132. The van der Waals surface area contributed by atoms with Crippen LogP contribution >= 0.6 is 0 Å². The third-order valence-corrected chi connectivity index (χ3v) is 3.13. The van der Waals surface area contributed by atoms with Gasteiger partial charge in [-0.1, -0.05) is 0 Å². The van der Waals surface area contributed by atoms with E-state index in [9.17, 15) is 14.7 Å². The Morgan fingerprint density at radius 3 is 2.84 bits per heavy atom. The second-order valence-electron chi connectivity index (χ2n) is 4.45. The molecule has 1 heterocycles. The summed E-state index contributed by atoms with van der Waals surface area (Å²) in [6.07, 6.45) is 0.799. The van der Waals surface area contributed by atoms with Gasteiger partial charge in [-0.15, -0.1) is 0 Å².